The van der Waals surface area contributed by atoms with Crippen molar-refractivity contribution in [1.29, 1.82) is 0 Å². The molecule has 1 heterocycles. The Morgan fingerprint density at radius 1 is 1.30 bits per heavy atom. The van der Waals surface area contributed by atoms with Crippen molar-refractivity contribution in [3.05, 3.63) is 59.0 Å². The monoisotopic (exact) mass is 271 g/mol. The van der Waals surface area contributed by atoms with Gasteiger partial charge in [0.2, 0.25) is 0 Å². The lowest BCUT2D eigenvalue weighted by atomic mass is 9.79. The van der Waals surface area contributed by atoms with Gasteiger partial charge < -0.3 is 14.8 Å². The molecule has 2 aromatic rings. The van der Waals surface area contributed by atoms with Crippen LogP contribution in [0, 0.1) is 6.92 Å². The maximum Gasteiger partial charge on any atom is 0.120 e. The first kappa shape index (κ1) is 13.4. The van der Waals surface area contributed by atoms with E-state index in [1.54, 1.807) is 6.26 Å². The molecule has 3 heteroatoms. The molecule has 1 aromatic carbocycles. The summed E-state index contributed by atoms with van der Waals surface area (Å²) in [4.78, 5) is 0. The fourth-order valence-corrected chi connectivity index (χ4v) is 3.05. The Morgan fingerprint density at radius 3 is 2.95 bits per heavy atom. The van der Waals surface area contributed by atoms with Crippen LogP contribution in [-0.4, -0.2) is 11.7 Å². The minimum Gasteiger partial charge on any atom is -0.468 e. The van der Waals surface area contributed by atoms with E-state index in [9.17, 15) is 5.11 Å². The Labute approximate surface area is 119 Å². The molecule has 20 heavy (non-hydrogen) atoms. The molecule has 3 rings (SSSR count). The normalized spacial score (nSPS) is 21.7. The predicted molar refractivity (Wildman–Crippen MR) is 78.4 cm³/mol. The molecule has 106 valence electrons. The highest BCUT2D eigenvalue weighted by atomic mass is 16.3. The summed E-state index contributed by atoms with van der Waals surface area (Å²) >= 11 is 0. The number of nitrogens with one attached hydrogen (secondary N) is 1. The molecule has 1 aromatic heterocycles. The van der Waals surface area contributed by atoms with Crippen molar-refractivity contribution in [3.63, 3.8) is 0 Å². The highest BCUT2D eigenvalue weighted by molar-refractivity contribution is 5.35. The van der Waals surface area contributed by atoms with Gasteiger partial charge in [-0.25, -0.2) is 0 Å². The van der Waals surface area contributed by atoms with E-state index in [1.807, 2.05) is 31.2 Å². The van der Waals surface area contributed by atoms with Gasteiger partial charge in [0.15, 0.2) is 0 Å². The Bertz CT molecular complexity index is 590. The second-order valence-corrected chi connectivity index (χ2v) is 5.67. The number of furan rings is 1. The second-order valence-electron chi connectivity index (χ2n) is 5.67. The highest BCUT2D eigenvalue weighted by Crippen LogP contribution is 2.34. The number of fused-ring (bicyclic) bond motifs is 1. The van der Waals surface area contributed by atoms with Crippen molar-refractivity contribution in [3.8, 4) is 0 Å². The Hall–Kier alpha value is -1.58. The van der Waals surface area contributed by atoms with Gasteiger partial charge in [0, 0.05) is 6.54 Å². The summed E-state index contributed by atoms with van der Waals surface area (Å²) in [6, 6.07) is 10.2. The third-order valence-corrected chi connectivity index (χ3v) is 4.23. The zero-order valence-electron chi connectivity index (χ0n) is 11.9. The third-order valence-electron chi connectivity index (χ3n) is 4.23. The fraction of sp³-hybridized carbons (Fsp3) is 0.412. The van der Waals surface area contributed by atoms with Crippen LogP contribution < -0.4 is 5.32 Å². The molecule has 0 amide bonds. The van der Waals surface area contributed by atoms with Crippen LogP contribution in [0.5, 0.6) is 0 Å². The predicted octanol–water partition coefficient (Wildman–Crippen LogP) is 2.90. The standard InChI is InChI=1S/C17H21NO2/c1-13-8-10-20-16(13)11-18-12-17(19)9-4-6-14-5-2-3-7-15(14)17/h2-3,5,7-8,10,18-19H,4,6,9,11-12H2,1H3. The van der Waals surface area contributed by atoms with Gasteiger partial charge in [-0.1, -0.05) is 24.3 Å². The van der Waals surface area contributed by atoms with Gasteiger partial charge in [-0.15, -0.1) is 0 Å². The van der Waals surface area contributed by atoms with Gasteiger partial charge in [0.1, 0.15) is 11.4 Å². The van der Waals surface area contributed by atoms with Gasteiger partial charge in [-0.2, -0.15) is 0 Å². The fourth-order valence-electron chi connectivity index (χ4n) is 3.05. The summed E-state index contributed by atoms with van der Waals surface area (Å²) in [6.45, 7) is 3.25. The summed E-state index contributed by atoms with van der Waals surface area (Å²) in [5.41, 5.74) is 2.75. The molecule has 0 saturated carbocycles. The summed E-state index contributed by atoms with van der Waals surface area (Å²) < 4.78 is 5.41. The van der Waals surface area contributed by atoms with Crippen molar-refractivity contribution in [1.82, 2.24) is 5.32 Å². The van der Waals surface area contributed by atoms with Crippen molar-refractivity contribution in [2.45, 2.75) is 38.3 Å². The third kappa shape index (κ3) is 2.51. The van der Waals surface area contributed by atoms with E-state index in [1.165, 1.54) is 5.56 Å². The molecule has 1 aliphatic carbocycles. The SMILES string of the molecule is Cc1ccoc1CNCC1(O)CCCc2ccccc21. The molecule has 2 N–H and O–H groups in total. The van der Waals surface area contributed by atoms with Crippen LogP contribution >= 0.6 is 0 Å². The van der Waals surface area contributed by atoms with Crippen LogP contribution in [0.4, 0.5) is 0 Å². The number of benzene rings is 1. The number of hydrogen-bond donors (Lipinski definition) is 2. The van der Waals surface area contributed by atoms with E-state index in [0.717, 1.165) is 36.1 Å². The summed E-state index contributed by atoms with van der Waals surface area (Å²) in [5.74, 6) is 0.942. The van der Waals surface area contributed by atoms with E-state index in [0.29, 0.717) is 13.1 Å². The second kappa shape index (κ2) is 5.43. The first-order valence-corrected chi connectivity index (χ1v) is 7.23. The van der Waals surface area contributed by atoms with Crippen LogP contribution in [0.25, 0.3) is 0 Å². The van der Waals surface area contributed by atoms with E-state index >= 15 is 0 Å². The van der Waals surface area contributed by atoms with Gasteiger partial charge in [-0.3, -0.25) is 0 Å². The maximum atomic E-state index is 10.9. The van der Waals surface area contributed by atoms with Gasteiger partial charge in [0.25, 0.3) is 0 Å². The van der Waals surface area contributed by atoms with E-state index in [4.69, 9.17) is 4.42 Å². The quantitative estimate of drug-likeness (QED) is 0.898. The summed E-state index contributed by atoms with van der Waals surface area (Å²) in [7, 11) is 0. The van der Waals surface area contributed by atoms with E-state index in [-0.39, 0.29) is 0 Å². The maximum absolute atomic E-state index is 10.9. The van der Waals surface area contributed by atoms with Crippen LogP contribution in [0.3, 0.4) is 0 Å². The van der Waals surface area contributed by atoms with Crippen molar-refractivity contribution < 1.29 is 9.52 Å². The van der Waals surface area contributed by atoms with Crippen molar-refractivity contribution >= 4 is 0 Å². The smallest absolute Gasteiger partial charge is 0.120 e. The Morgan fingerprint density at radius 2 is 2.15 bits per heavy atom. The van der Waals surface area contributed by atoms with Gasteiger partial charge in [0.05, 0.1) is 12.8 Å². The topological polar surface area (TPSA) is 45.4 Å². The van der Waals surface area contributed by atoms with Crippen LogP contribution in [0.2, 0.25) is 0 Å². The average molecular weight is 271 g/mol. The lowest BCUT2D eigenvalue weighted by Gasteiger charge is -2.34. The lowest BCUT2D eigenvalue weighted by molar-refractivity contribution is 0.0186. The minimum absolute atomic E-state index is 0.560. The molecule has 1 unspecified atom stereocenters. The first-order valence-electron chi connectivity index (χ1n) is 7.23. The minimum atomic E-state index is -0.755. The first-order chi connectivity index (χ1) is 9.69. The molecule has 0 fully saturated rings. The number of hydrogen-bond acceptors (Lipinski definition) is 3. The zero-order valence-corrected chi connectivity index (χ0v) is 11.9. The Balaban J connectivity index is 1.69. The summed E-state index contributed by atoms with van der Waals surface area (Å²) in [6.07, 6.45) is 4.62. The molecular weight excluding hydrogens is 250 g/mol. The molecule has 0 bridgehead atoms. The number of aliphatic hydroxyl groups is 1. The van der Waals surface area contributed by atoms with Gasteiger partial charge in [-0.05, 0) is 48.9 Å². The zero-order chi connectivity index (χ0) is 14.0. The average Bonchev–Trinajstić information content (AvgIpc) is 2.85. The Kier molecular flexibility index (Phi) is 3.64. The molecular formula is C17H21NO2. The van der Waals surface area contributed by atoms with E-state index in [2.05, 4.69) is 11.4 Å². The molecule has 1 atom stereocenters. The highest BCUT2D eigenvalue weighted by Gasteiger charge is 2.33. The molecule has 1 aliphatic rings. The van der Waals surface area contributed by atoms with Crippen LogP contribution in [0.15, 0.2) is 41.0 Å². The lowest BCUT2D eigenvalue weighted by Crippen LogP contribution is -2.40. The van der Waals surface area contributed by atoms with E-state index < -0.39 is 5.60 Å². The summed E-state index contributed by atoms with van der Waals surface area (Å²) in [5, 5.41) is 14.3. The molecule has 0 radical (unpaired) electrons. The molecule has 0 saturated heterocycles. The van der Waals surface area contributed by atoms with Gasteiger partial charge >= 0.3 is 0 Å². The van der Waals surface area contributed by atoms with Crippen molar-refractivity contribution in [2.24, 2.45) is 0 Å². The molecule has 0 spiro atoms. The van der Waals surface area contributed by atoms with Crippen LogP contribution in [-0.2, 0) is 18.6 Å². The number of aryl methyl sites for hydroxylation is 2. The van der Waals surface area contributed by atoms with Crippen molar-refractivity contribution in [2.75, 3.05) is 6.54 Å². The number of rotatable bonds is 4. The molecule has 3 nitrogen and oxygen atoms in total. The molecule has 0 aliphatic heterocycles. The van der Waals surface area contributed by atoms with Crippen LogP contribution in [0.1, 0.15) is 35.3 Å². The largest absolute Gasteiger partial charge is 0.468 e.